The second kappa shape index (κ2) is 13.7. The van der Waals surface area contributed by atoms with Gasteiger partial charge in [-0.15, -0.1) is 0 Å². The maximum atomic E-state index is 13.3. The number of aromatic hydroxyl groups is 1. The zero-order valence-electron chi connectivity index (χ0n) is 28.0. The van der Waals surface area contributed by atoms with Crippen LogP contribution >= 0.6 is 0 Å². The second-order valence-electron chi connectivity index (χ2n) is 15.1. The van der Waals surface area contributed by atoms with Crippen LogP contribution in [-0.4, -0.2) is 72.4 Å². The van der Waals surface area contributed by atoms with Crippen LogP contribution in [0.5, 0.6) is 5.75 Å². The molecule has 1 aromatic rings. The average molecular weight is 620 g/mol. The average Bonchev–Trinajstić information content (AvgIpc) is 2.87. The van der Waals surface area contributed by atoms with Crippen molar-refractivity contribution >= 4 is 30.1 Å². The largest absolute Gasteiger partial charge is 0.507 e. The van der Waals surface area contributed by atoms with Gasteiger partial charge in [-0.1, -0.05) is 12.1 Å². The van der Waals surface area contributed by atoms with Crippen LogP contribution in [-0.2, 0) is 42.9 Å². The summed E-state index contributed by atoms with van der Waals surface area (Å²) in [6, 6.07) is 6.44. The van der Waals surface area contributed by atoms with Gasteiger partial charge in [-0.25, -0.2) is 0 Å². The molecule has 5 atom stereocenters. The Kier molecular flexibility index (Phi) is 11.4. The van der Waals surface area contributed by atoms with Crippen LogP contribution in [0.15, 0.2) is 29.3 Å². The van der Waals surface area contributed by atoms with E-state index in [0.29, 0.717) is 5.56 Å². The molecule has 1 unspecified atom stereocenters. The Morgan fingerprint density at radius 2 is 1.14 bits per heavy atom. The number of aliphatic imine (C=N–C) groups is 1. The Balaban J connectivity index is 2.73. The molecule has 11 nitrogen and oxygen atoms in total. The Labute approximate surface area is 260 Å². The fourth-order valence-corrected chi connectivity index (χ4v) is 3.58. The van der Waals surface area contributed by atoms with Crippen LogP contribution < -0.4 is 0 Å². The lowest BCUT2D eigenvalue weighted by Gasteiger charge is -2.45. The summed E-state index contributed by atoms with van der Waals surface area (Å²) in [5, 5.41) is 10.3. The first-order chi connectivity index (χ1) is 19.9. The molecule has 0 aliphatic carbocycles. The molecule has 1 heterocycles. The summed E-state index contributed by atoms with van der Waals surface area (Å²) < 4.78 is 29.7. The van der Waals surface area contributed by atoms with Crippen molar-refractivity contribution < 1.29 is 48.0 Å². The highest BCUT2D eigenvalue weighted by Gasteiger charge is 2.54. The molecule has 2 rings (SSSR count). The van der Waals surface area contributed by atoms with E-state index in [4.69, 9.17) is 23.7 Å². The third-order valence-electron chi connectivity index (χ3n) is 6.46. The first-order valence-corrected chi connectivity index (χ1v) is 14.7. The molecule has 0 amide bonds. The number of hydrogen-bond acceptors (Lipinski definition) is 11. The monoisotopic (exact) mass is 619 g/mol. The molecule has 0 saturated carbocycles. The molecule has 1 saturated heterocycles. The van der Waals surface area contributed by atoms with Crippen LogP contribution in [0.3, 0.4) is 0 Å². The third-order valence-corrected chi connectivity index (χ3v) is 6.46. The number of esters is 4. The molecule has 1 fully saturated rings. The van der Waals surface area contributed by atoms with E-state index in [2.05, 4.69) is 4.99 Å². The molecular weight excluding hydrogens is 570 g/mol. The van der Waals surface area contributed by atoms with E-state index in [0.717, 1.165) is 0 Å². The molecule has 0 spiro atoms. The highest BCUT2D eigenvalue weighted by molar-refractivity contribution is 5.83. The standard InChI is InChI=1S/C33H49NO10/c1-30(2,3)26(36)40-18-21-22(42-27(37)31(4,5)6)23(43-28(38)32(7,8)9)24(44-29(39)33(10,11)12)25(41-21)34-17-19-15-13-14-16-20(19)35/h13-17,21-25,35H,18H2,1-12H3/b34-17+/t21-,22-,23+,24-,25?/m1/s1. The van der Waals surface area contributed by atoms with Crippen molar-refractivity contribution in [3.63, 3.8) is 0 Å². The van der Waals surface area contributed by atoms with Gasteiger partial charge in [0.1, 0.15) is 18.5 Å². The Bertz CT molecular complexity index is 1230. The first-order valence-electron chi connectivity index (χ1n) is 14.7. The summed E-state index contributed by atoms with van der Waals surface area (Å²) in [6.45, 7) is 19.5. The normalized spacial score (nSPS) is 23.1. The lowest BCUT2D eigenvalue weighted by atomic mass is 9.92. The van der Waals surface area contributed by atoms with Gasteiger partial charge in [-0.05, 0) is 95.2 Å². The number of phenols is 1. The number of hydrogen-bond donors (Lipinski definition) is 1. The van der Waals surface area contributed by atoms with Crippen molar-refractivity contribution in [3.8, 4) is 5.75 Å². The second-order valence-corrected chi connectivity index (χ2v) is 15.1. The fraction of sp³-hybridized carbons (Fsp3) is 0.667. The molecule has 1 N–H and O–H groups in total. The van der Waals surface area contributed by atoms with Crippen molar-refractivity contribution in [3.05, 3.63) is 29.8 Å². The summed E-state index contributed by atoms with van der Waals surface area (Å²) in [7, 11) is 0. The molecule has 44 heavy (non-hydrogen) atoms. The van der Waals surface area contributed by atoms with Crippen LogP contribution in [0.25, 0.3) is 0 Å². The molecule has 246 valence electrons. The molecule has 0 radical (unpaired) electrons. The summed E-state index contributed by atoms with van der Waals surface area (Å²) in [6.07, 6.45) is -5.31. The minimum atomic E-state index is -1.40. The summed E-state index contributed by atoms with van der Waals surface area (Å²) in [5.74, 6) is -2.55. The van der Waals surface area contributed by atoms with E-state index >= 15 is 0 Å². The number of ether oxygens (including phenoxy) is 5. The van der Waals surface area contributed by atoms with Gasteiger partial charge in [-0.3, -0.25) is 24.2 Å². The Morgan fingerprint density at radius 3 is 1.59 bits per heavy atom. The van der Waals surface area contributed by atoms with E-state index < -0.39 is 76.2 Å². The molecule has 1 aromatic carbocycles. The quantitative estimate of drug-likeness (QED) is 0.251. The van der Waals surface area contributed by atoms with Gasteiger partial charge in [0.2, 0.25) is 0 Å². The van der Waals surface area contributed by atoms with Crippen LogP contribution in [0.2, 0.25) is 0 Å². The topological polar surface area (TPSA) is 147 Å². The van der Waals surface area contributed by atoms with Crippen molar-refractivity contribution in [2.45, 2.75) is 114 Å². The first kappa shape index (κ1) is 36.7. The van der Waals surface area contributed by atoms with Gasteiger partial charge in [0.25, 0.3) is 0 Å². The SMILES string of the molecule is CC(C)(C)C(=O)OC[C@H]1OC(/N=C/c2ccccc2O)[C@H](OC(=O)C(C)(C)C)[C@@H](OC(=O)C(C)(C)C)[C@@H]1OC(=O)C(C)(C)C. The van der Waals surface area contributed by atoms with Crippen molar-refractivity contribution in [1.82, 2.24) is 0 Å². The molecule has 11 heteroatoms. The maximum absolute atomic E-state index is 13.3. The molecule has 0 bridgehead atoms. The van der Waals surface area contributed by atoms with Crippen molar-refractivity contribution in [2.75, 3.05) is 6.61 Å². The van der Waals surface area contributed by atoms with Crippen molar-refractivity contribution in [1.29, 1.82) is 0 Å². The van der Waals surface area contributed by atoms with Gasteiger partial charge in [0.05, 0.1) is 21.7 Å². The summed E-state index contributed by atoms with van der Waals surface area (Å²) in [4.78, 5) is 57.0. The number of carbonyl (C=O) groups is 4. The maximum Gasteiger partial charge on any atom is 0.311 e. The van der Waals surface area contributed by atoms with Gasteiger partial charge in [0.15, 0.2) is 24.5 Å². The lowest BCUT2D eigenvalue weighted by Crippen LogP contribution is -2.63. The van der Waals surface area contributed by atoms with Gasteiger partial charge in [-0.2, -0.15) is 0 Å². The zero-order chi connectivity index (χ0) is 33.8. The highest BCUT2D eigenvalue weighted by atomic mass is 16.7. The van der Waals surface area contributed by atoms with Gasteiger partial charge >= 0.3 is 23.9 Å². The number of carbonyl (C=O) groups excluding carboxylic acids is 4. The summed E-state index contributed by atoms with van der Waals surface area (Å²) >= 11 is 0. The van der Waals surface area contributed by atoms with Gasteiger partial charge in [0, 0.05) is 11.8 Å². The van der Waals surface area contributed by atoms with Gasteiger partial charge < -0.3 is 28.8 Å². The Hall–Kier alpha value is -3.47. The van der Waals surface area contributed by atoms with E-state index in [1.165, 1.54) is 12.3 Å². The molecule has 1 aliphatic rings. The predicted octanol–water partition coefficient (Wildman–Crippen LogP) is 5.00. The molecule has 0 aromatic heterocycles. The smallest absolute Gasteiger partial charge is 0.311 e. The molecular formula is C33H49NO10. The fourth-order valence-electron chi connectivity index (χ4n) is 3.58. The van der Waals surface area contributed by atoms with E-state index in [1.54, 1.807) is 101 Å². The number of rotatable bonds is 7. The van der Waals surface area contributed by atoms with Crippen LogP contribution in [0, 0.1) is 21.7 Å². The minimum absolute atomic E-state index is 0.0568. The number of phenolic OH excluding ortho intramolecular Hbond substituents is 1. The summed E-state index contributed by atoms with van der Waals surface area (Å²) in [5.41, 5.74) is -3.43. The highest BCUT2D eigenvalue weighted by Crippen LogP contribution is 2.34. The third kappa shape index (κ3) is 10.0. The van der Waals surface area contributed by atoms with Crippen molar-refractivity contribution in [2.24, 2.45) is 26.7 Å². The van der Waals surface area contributed by atoms with Crippen LogP contribution in [0.1, 0.15) is 88.6 Å². The van der Waals surface area contributed by atoms with E-state index in [9.17, 15) is 24.3 Å². The number of para-hydroxylation sites is 1. The van der Waals surface area contributed by atoms with Crippen LogP contribution in [0.4, 0.5) is 0 Å². The van der Waals surface area contributed by atoms with E-state index in [1.807, 2.05) is 0 Å². The number of benzene rings is 1. The predicted molar refractivity (Wildman–Crippen MR) is 163 cm³/mol. The minimum Gasteiger partial charge on any atom is -0.507 e. The lowest BCUT2D eigenvalue weighted by molar-refractivity contribution is -0.258. The molecule has 1 aliphatic heterocycles. The van der Waals surface area contributed by atoms with E-state index in [-0.39, 0.29) is 12.4 Å². The number of nitrogens with zero attached hydrogens (tertiary/aromatic N) is 1. The zero-order valence-corrected chi connectivity index (χ0v) is 28.0. The Morgan fingerprint density at radius 1 is 0.705 bits per heavy atom.